The molecule has 0 aliphatic rings. The van der Waals surface area contributed by atoms with Gasteiger partial charge in [0.05, 0.1) is 10.5 Å². The van der Waals surface area contributed by atoms with E-state index in [1.165, 1.54) is 18.2 Å². The van der Waals surface area contributed by atoms with Gasteiger partial charge in [0.1, 0.15) is 0 Å². The molecular weight excluding hydrogens is 316 g/mol. The van der Waals surface area contributed by atoms with Crippen LogP contribution in [0.4, 0.5) is 5.69 Å². The number of carbonyl (C=O) groups is 1. The fourth-order valence-electron chi connectivity index (χ4n) is 2.04. The van der Waals surface area contributed by atoms with Crippen molar-refractivity contribution >= 4 is 21.7 Å². The molecule has 23 heavy (non-hydrogen) atoms. The number of hydrogen-bond donors (Lipinski definition) is 3. The number of benzene rings is 1. The van der Waals surface area contributed by atoms with E-state index in [0.717, 1.165) is 19.3 Å². The molecule has 0 bridgehead atoms. The molecule has 0 aliphatic carbocycles. The highest BCUT2D eigenvalue weighted by Gasteiger charge is 2.20. The van der Waals surface area contributed by atoms with Gasteiger partial charge in [-0.2, -0.15) is 0 Å². The molecule has 1 unspecified atom stereocenters. The van der Waals surface area contributed by atoms with Gasteiger partial charge < -0.3 is 10.4 Å². The van der Waals surface area contributed by atoms with Crippen molar-refractivity contribution in [1.82, 2.24) is 4.72 Å². The summed E-state index contributed by atoms with van der Waals surface area (Å²) in [5.41, 5.74) is 0.407. The maximum Gasteiger partial charge on any atom is 0.337 e. The monoisotopic (exact) mass is 342 g/mol. The summed E-state index contributed by atoms with van der Waals surface area (Å²) in [6.07, 6.45) is 3.72. The molecule has 3 N–H and O–H groups in total. The lowest BCUT2D eigenvalue weighted by Crippen LogP contribution is -2.32. The second-order valence-corrected chi connectivity index (χ2v) is 7.29. The van der Waals surface area contributed by atoms with Gasteiger partial charge in [-0.25, -0.2) is 17.9 Å². The van der Waals surface area contributed by atoms with E-state index in [0.29, 0.717) is 18.7 Å². The molecule has 0 spiro atoms. The van der Waals surface area contributed by atoms with Gasteiger partial charge in [-0.3, -0.25) is 0 Å². The van der Waals surface area contributed by atoms with E-state index >= 15 is 0 Å². The molecule has 0 heterocycles. The number of aromatic carboxylic acids is 1. The van der Waals surface area contributed by atoms with Gasteiger partial charge in [0.25, 0.3) is 0 Å². The Kier molecular flexibility index (Phi) is 7.51. The molecule has 6 nitrogen and oxygen atoms in total. The average molecular weight is 342 g/mol. The molecule has 1 atom stereocenters. The van der Waals surface area contributed by atoms with Crippen LogP contribution in [-0.2, 0) is 10.0 Å². The second-order valence-electron chi connectivity index (χ2n) is 5.58. The van der Waals surface area contributed by atoms with Gasteiger partial charge >= 0.3 is 5.97 Å². The maximum absolute atomic E-state index is 12.3. The van der Waals surface area contributed by atoms with Gasteiger partial charge in [0, 0.05) is 18.3 Å². The summed E-state index contributed by atoms with van der Waals surface area (Å²) in [5.74, 6) is -1.15. The lowest BCUT2D eigenvalue weighted by molar-refractivity contribution is 0.0697. The van der Waals surface area contributed by atoms with Crippen LogP contribution in [0.1, 0.15) is 56.8 Å². The van der Waals surface area contributed by atoms with Gasteiger partial charge in [0.15, 0.2) is 0 Å². The molecular formula is C16H26N2O4S. The molecule has 0 fully saturated rings. The fraction of sp³-hybridized carbons (Fsp3) is 0.562. The first-order valence-corrected chi connectivity index (χ1v) is 9.43. The zero-order chi connectivity index (χ0) is 17.5. The molecule has 0 saturated carbocycles. The van der Waals surface area contributed by atoms with Crippen molar-refractivity contribution in [3.8, 4) is 0 Å². The lowest BCUT2D eigenvalue weighted by atomic mass is 10.1. The highest BCUT2D eigenvalue weighted by Crippen LogP contribution is 2.21. The van der Waals surface area contributed by atoms with Crippen molar-refractivity contribution < 1.29 is 18.3 Å². The van der Waals surface area contributed by atoms with Crippen LogP contribution in [0.3, 0.4) is 0 Å². The van der Waals surface area contributed by atoms with E-state index in [-0.39, 0.29) is 16.5 Å². The summed E-state index contributed by atoms with van der Waals surface area (Å²) >= 11 is 0. The van der Waals surface area contributed by atoms with Crippen LogP contribution >= 0.6 is 0 Å². The largest absolute Gasteiger partial charge is 0.478 e. The highest BCUT2D eigenvalue weighted by atomic mass is 32.2. The zero-order valence-electron chi connectivity index (χ0n) is 13.9. The quantitative estimate of drug-likeness (QED) is 0.568. The lowest BCUT2D eigenvalue weighted by Gasteiger charge is -2.14. The third-order valence-corrected chi connectivity index (χ3v) is 5.18. The van der Waals surface area contributed by atoms with Crippen molar-refractivity contribution in [1.29, 1.82) is 0 Å². The number of rotatable bonds is 10. The first-order valence-electron chi connectivity index (χ1n) is 7.95. The van der Waals surface area contributed by atoms with Crippen molar-refractivity contribution in [2.75, 3.05) is 11.9 Å². The number of nitrogens with one attached hydrogen (secondary N) is 2. The van der Waals surface area contributed by atoms with E-state index in [1.54, 1.807) is 6.92 Å². The van der Waals surface area contributed by atoms with Gasteiger partial charge in [-0.1, -0.05) is 26.7 Å². The molecule has 7 heteroatoms. The van der Waals surface area contributed by atoms with Crippen LogP contribution < -0.4 is 10.0 Å². The topological polar surface area (TPSA) is 95.5 Å². The summed E-state index contributed by atoms with van der Waals surface area (Å²) in [5, 5.41) is 12.4. The molecule has 1 aromatic rings. The average Bonchev–Trinajstić information content (AvgIpc) is 2.50. The molecule has 0 radical (unpaired) electrons. The van der Waals surface area contributed by atoms with Gasteiger partial charge in [0.2, 0.25) is 10.0 Å². The van der Waals surface area contributed by atoms with Crippen LogP contribution in [0.5, 0.6) is 0 Å². The first kappa shape index (κ1) is 19.4. The van der Waals surface area contributed by atoms with Gasteiger partial charge in [-0.15, -0.1) is 0 Å². The number of hydrogen-bond acceptors (Lipinski definition) is 4. The predicted octanol–water partition coefficient (Wildman–Crippen LogP) is 3.06. The summed E-state index contributed by atoms with van der Waals surface area (Å²) in [7, 11) is -3.71. The third-order valence-electron chi connectivity index (χ3n) is 3.60. The number of anilines is 1. The molecule has 0 aromatic heterocycles. The van der Waals surface area contributed by atoms with E-state index < -0.39 is 16.0 Å². The van der Waals surface area contributed by atoms with Crippen LogP contribution in [0, 0.1) is 0 Å². The Morgan fingerprint density at radius 2 is 1.96 bits per heavy atom. The summed E-state index contributed by atoms with van der Waals surface area (Å²) in [4.78, 5) is 11.4. The minimum Gasteiger partial charge on any atom is -0.478 e. The third kappa shape index (κ3) is 5.84. The first-order chi connectivity index (χ1) is 10.8. The van der Waals surface area contributed by atoms with E-state index in [4.69, 9.17) is 0 Å². The maximum atomic E-state index is 12.3. The van der Waals surface area contributed by atoms with Crippen molar-refractivity contribution in [3.05, 3.63) is 23.8 Å². The highest BCUT2D eigenvalue weighted by molar-refractivity contribution is 7.89. The fourth-order valence-corrected chi connectivity index (χ4v) is 3.39. The number of carboxylic acids is 1. The Morgan fingerprint density at radius 3 is 2.52 bits per heavy atom. The van der Waals surface area contributed by atoms with Gasteiger partial charge in [-0.05, 0) is 38.0 Å². The Balaban J connectivity index is 3.01. The van der Waals surface area contributed by atoms with Crippen LogP contribution in [0.15, 0.2) is 23.1 Å². The summed E-state index contributed by atoms with van der Waals surface area (Å²) in [6.45, 7) is 6.39. The van der Waals surface area contributed by atoms with Crippen molar-refractivity contribution in [2.24, 2.45) is 0 Å². The molecule has 0 amide bonds. The molecule has 1 aromatic carbocycles. The molecule has 0 aliphatic heterocycles. The van der Waals surface area contributed by atoms with E-state index in [1.807, 2.05) is 6.92 Å². The Morgan fingerprint density at radius 1 is 1.26 bits per heavy atom. The Bertz CT molecular complexity index is 629. The minimum absolute atomic E-state index is 0.0330. The van der Waals surface area contributed by atoms with Crippen LogP contribution in [-0.4, -0.2) is 32.1 Å². The normalized spacial score (nSPS) is 12.8. The SMILES string of the molecule is CCCCCNc1ccc(S(=O)(=O)NC(C)CC)cc1C(=O)O. The smallest absolute Gasteiger partial charge is 0.337 e. The standard InChI is InChI=1S/C16H26N2O4S/c1-4-6-7-10-17-15-9-8-13(11-14(15)16(19)20)23(21,22)18-12(3)5-2/h8-9,11-12,17-18H,4-7,10H2,1-3H3,(H,19,20). The number of carboxylic acid groups (broad SMARTS) is 1. The second kappa shape index (κ2) is 8.88. The minimum atomic E-state index is -3.71. The molecule has 0 saturated heterocycles. The van der Waals surface area contributed by atoms with Crippen molar-refractivity contribution in [3.63, 3.8) is 0 Å². The molecule has 130 valence electrons. The van der Waals surface area contributed by atoms with Crippen LogP contribution in [0.2, 0.25) is 0 Å². The van der Waals surface area contributed by atoms with E-state index in [2.05, 4.69) is 17.0 Å². The Labute approximate surface area is 138 Å². The summed E-state index contributed by atoms with van der Waals surface area (Å²) in [6, 6.07) is 3.94. The number of sulfonamides is 1. The summed E-state index contributed by atoms with van der Waals surface area (Å²) < 4.78 is 27.1. The van der Waals surface area contributed by atoms with Crippen LogP contribution in [0.25, 0.3) is 0 Å². The predicted molar refractivity (Wildman–Crippen MR) is 91.5 cm³/mol. The van der Waals surface area contributed by atoms with E-state index in [9.17, 15) is 18.3 Å². The molecule has 1 rings (SSSR count). The zero-order valence-corrected chi connectivity index (χ0v) is 14.7. The number of unbranched alkanes of at least 4 members (excludes halogenated alkanes) is 2. The van der Waals surface area contributed by atoms with Crippen molar-refractivity contribution in [2.45, 2.75) is 57.4 Å². The Hall–Kier alpha value is -1.60.